The highest BCUT2D eigenvalue weighted by molar-refractivity contribution is 6.39. The van der Waals surface area contributed by atoms with Gasteiger partial charge in [0.1, 0.15) is 6.61 Å². The van der Waals surface area contributed by atoms with Crippen LogP contribution in [0.4, 0.5) is 18.9 Å². The van der Waals surface area contributed by atoms with Crippen molar-refractivity contribution in [3.8, 4) is 11.5 Å². The van der Waals surface area contributed by atoms with Gasteiger partial charge in [0.2, 0.25) is 0 Å². The molecule has 0 saturated heterocycles. The highest BCUT2D eigenvalue weighted by Gasteiger charge is 2.30. The first-order chi connectivity index (χ1) is 17.6. The number of carbonyl (C=O) groups excluding carboxylic acids is 2. The minimum Gasteiger partial charge on any atom is -0.490 e. The highest BCUT2D eigenvalue weighted by Crippen LogP contribution is 2.32. The molecule has 0 aromatic heterocycles. The van der Waals surface area contributed by atoms with Crippen molar-refractivity contribution in [3.05, 3.63) is 87.4 Å². The van der Waals surface area contributed by atoms with Crippen molar-refractivity contribution >= 4 is 46.9 Å². The Morgan fingerprint density at radius 3 is 2.32 bits per heavy atom. The van der Waals surface area contributed by atoms with E-state index in [2.05, 4.69) is 10.4 Å². The Labute approximate surface area is 220 Å². The van der Waals surface area contributed by atoms with Crippen molar-refractivity contribution in [2.45, 2.75) is 19.7 Å². The zero-order valence-electron chi connectivity index (χ0n) is 19.2. The summed E-state index contributed by atoms with van der Waals surface area (Å²) in [5.74, 6) is -1.55. The molecule has 37 heavy (non-hydrogen) atoms. The Bertz CT molecular complexity index is 1300. The van der Waals surface area contributed by atoms with Gasteiger partial charge in [-0.1, -0.05) is 35.3 Å². The number of hydrazone groups is 1. The van der Waals surface area contributed by atoms with Crippen LogP contribution in [0.15, 0.2) is 65.8 Å². The summed E-state index contributed by atoms with van der Waals surface area (Å²) in [7, 11) is 0. The van der Waals surface area contributed by atoms with E-state index in [4.69, 9.17) is 32.7 Å². The van der Waals surface area contributed by atoms with E-state index < -0.39 is 23.6 Å². The molecule has 0 unspecified atom stereocenters. The van der Waals surface area contributed by atoms with Crippen LogP contribution in [0, 0.1) is 0 Å². The van der Waals surface area contributed by atoms with Gasteiger partial charge >= 0.3 is 18.0 Å². The number of rotatable bonds is 8. The molecule has 0 spiro atoms. The first-order valence-electron chi connectivity index (χ1n) is 10.7. The van der Waals surface area contributed by atoms with Gasteiger partial charge in [-0.25, -0.2) is 5.43 Å². The molecule has 12 heteroatoms. The van der Waals surface area contributed by atoms with E-state index in [1.54, 1.807) is 43.3 Å². The molecule has 0 atom stereocenters. The van der Waals surface area contributed by atoms with Crippen molar-refractivity contribution < 1.29 is 32.2 Å². The van der Waals surface area contributed by atoms with Crippen molar-refractivity contribution in [3.63, 3.8) is 0 Å². The molecule has 0 heterocycles. The Hall–Kier alpha value is -3.76. The first kappa shape index (κ1) is 27.8. The lowest BCUT2D eigenvalue weighted by molar-refractivity contribution is -0.137. The van der Waals surface area contributed by atoms with Crippen LogP contribution in [-0.4, -0.2) is 24.6 Å². The number of benzene rings is 3. The Balaban J connectivity index is 1.62. The third kappa shape index (κ3) is 7.86. The van der Waals surface area contributed by atoms with E-state index in [-0.39, 0.29) is 12.3 Å². The van der Waals surface area contributed by atoms with Crippen molar-refractivity contribution in [1.29, 1.82) is 0 Å². The fraction of sp³-hybridized carbons (Fsp3) is 0.160. The topological polar surface area (TPSA) is 89.0 Å². The van der Waals surface area contributed by atoms with Gasteiger partial charge in [0.05, 0.1) is 18.4 Å². The van der Waals surface area contributed by atoms with Crippen LogP contribution in [0.5, 0.6) is 11.5 Å². The maximum Gasteiger partial charge on any atom is 0.416 e. The van der Waals surface area contributed by atoms with Crippen LogP contribution in [-0.2, 0) is 22.4 Å². The number of anilines is 1. The van der Waals surface area contributed by atoms with Gasteiger partial charge in [-0.15, -0.1) is 0 Å². The van der Waals surface area contributed by atoms with Crippen LogP contribution in [0.2, 0.25) is 10.0 Å². The summed E-state index contributed by atoms with van der Waals surface area (Å²) in [5, 5.41) is 6.72. The lowest BCUT2D eigenvalue weighted by Crippen LogP contribution is -2.32. The Morgan fingerprint density at radius 1 is 0.946 bits per heavy atom. The monoisotopic (exact) mass is 553 g/mol. The van der Waals surface area contributed by atoms with Crippen LogP contribution in [0.1, 0.15) is 23.6 Å². The third-order valence-corrected chi connectivity index (χ3v) is 5.44. The number of hydrogen-bond donors (Lipinski definition) is 2. The maximum absolute atomic E-state index is 12.8. The van der Waals surface area contributed by atoms with Gasteiger partial charge < -0.3 is 14.8 Å². The second-order valence-corrected chi connectivity index (χ2v) is 8.17. The molecule has 2 N–H and O–H groups in total. The summed E-state index contributed by atoms with van der Waals surface area (Å²) >= 11 is 12.4. The number of nitrogens with one attached hydrogen (secondary N) is 2. The van der Waals surface area contributed by atoms with E-state index in [0.717, 1.165) is 12.1 Å². The average molecular weight is 554 g/mol. The fourth-order valence-corrected chi connectivity index (χ4v) is 3.50. The molecule has 3 aromatic carbocycles. The molecule has 0 aliphatic heterocycles. The number of halogens is 5. The highest BCUT2D eigenvalue weighted by atomic mass is 35.5. The van der Waals surface area contributed by atoms with E-state index in [0.29, 0.717) is 45.3 Å². The van der Waals surface area contributed by atoms with Crippen LogP contribution >= 0.6 is 23.2 Å². The van der Waals surface area contributed by atoms with Gasteiger partial charge in [-0.05, 0) is 61.0 Å². The summed E-state index contributed by atoms with van der Waals surface area (Å²) in [5.41, 5.74) is 1.99. The van der Waals surface area contributed by atoms with Gasteiger partial charge in [-0.2, -0.15) is 18.3 Å². The second kappa shape index (κ2) is 12.5. The molecule has 0 aliphatic rings. The average Bonchev–Trinajstić information content (AvgIpc) is 2.84. The zero-order valence-corrected chi connectivity index (χ0v) is 20.7. The van der Waals surface area contributed by atoms with Crippen LogP contribution in [0.3, 0.4) is 0 Å². The van der Waals surface area contributed by atoms with Crippen LogP contribution in [0.25, 0.3) is 0 Å². The minimum absolute atomic E-state index is 0.100. The minimum atomic E-state index is -4.59. The predicted molar refractivity (Wildman–Crippen MR) is 134 cm³/mol. The normalized spacial score (nSPS) is 11.3. The van der Waals surface area contributed by atoms with Gasteiger partial charge in [-0.3, -0.25) is 9.59 Å². The molecule has 2 amide bonds. The number of nitrogens with zero attached hydrogens (tertiary/aromatic N) is 1. The fourth-order valence-electron chi connectivity index (χ4n) is 2.99. The van der Waals surface area contributed by atoms with E-state index in [1.165, 1.54) is 12.3 Å². The zero-order chi connectivity index (χ0) is 27.0. The number of alkyl halides is 3. The molecule has 0 radical (unpaired) electrons. The number of amides is 2. The lowest BCUT2D eigenvalue weighted by atomic mass is 10.2. The SMILES string of the molecule is CCOc1cc(C=NNC(=O)C(=O)Nc2cccc(C(F)(F)F)c2)ccc1OCc1c(Cl)cccc1Cl. The molecule has 0 saturated carbocycles. The number of hydrogen-bond acceptors (Lipinski definition) is 5. The maximum atomic E-state index is 12.8. The van der Waals surface area contributed by atoms with Gasteiger partial charge in [0, 0.05) is 21.3 Å². The molecule has 3 aromatic rings. The lowest BCUT2D eigenvalue weighted by Gasteiger charge is -2.14. The quantitative estimate of drug-likeness (QED) is 0.201. The molecule has 194 valence electrons. The summed E-state index contributed by atoms with van der Waals surface area (Å²) in [6.07, 6.45) is -3.33. The Morgan fingerprint density at radius 2 is 1.65 bits per heavy atom. The number of carbonyl (C=O) groups is 2. The molecule has 0 fully saturated rings. The molecular formula is C25H20Cl2F3N3O4. The van der Waals surface area contributed by atoms with Crippen molar-refractivity contribution in [2.24, 2.45) is 5.10 Å². The smallest absolute Gasteiger partial charge is 0.416 e. The summed E-state index contributed by atoms with van der Waals surface area (Å²) in [6, 6.07) is 13.9. The van der Waals surface area contributed by atoms with E-state index in [9.17, 15) is 22.8 Å². The van der Waals surface area contributed by atoms with Gasteiger partial charge in [0.25, 0.3) is 0 Å². The molecular weight excluding hydrogens is 534 g/mol. The number of ether oxygens (including phenoxy) is 2. The summed E-state index contributed by atoms with van der Waals surface area (Å²) < 4.78 is 49.9. The third-order valence-electron chi connectivity index (χ3n) is 4.74. The summed E-state index contributed by atoms with van der Waals surface area (Å²) in [6.45, 7) is 2.23. The predicted octanol–water partition coefficient (Wildman–Crippen LogP) is 6.08. The first-order valence-corrected chi connectivity index (χ1v) is 11.5. The van der Waals surface area contributed by atoms with Crippen LogP contribution < -0.4 is 20.2 Å². The molecule has 3 rings (SSSR count). The largest absolute Gasteiger partial charge is 0.490 e. The van der Waals surface area contributed by atoms with Crippen molar-refractivity contribution in [2.75, 3.05) is 11.9 Å². The van der Waals surface area contributed by atoms with Crippen molar-refractivity contribution in [1.82, 2.24) is 5.43 Å². The molecule has 0 aliphatic carbocycles. The van der Waals surface area contributed by atoms with Gasteiger partial charge in [0.15, 0.2) is 11.5 Å². The Kier molecular flexibility index (Phi) is 9.37. The van der Waals surface area contributed by atoms with E-state index in [1.807, 2.05) is 5.43 Å². The van der Waals surface area contributed by atoms with E-state index >= 15 is 0 Å². The standard InChI is InChI=1S/C25H20Cl2F3N3O4/c1-2-36-22-11-15(9-10-21(22)37-14-18-19(26)7-4-8-20(18)27)13-31-33-24(35)23(34)32-17-6-3-5-16(12-17)25(28,29)30/h3-13H,2,14H2,1H3,(H,32,34)(H,33,35). The molecule has 7 nitrogen and oxygen atoms in total. The summed E-state index contributed by atoms with van der Waals surface area (Å²) in [4.78, 5) is 24.0. The molecule has 0 bridgehead atoms. The second-order valence-electron chi connectivity index (χ2n) is 7.36.